The van der Waals surface area contributed by atoms with Crippen LogP contribution in [0.5, 0.6) is 17.2 Å². The van der Waals surface area contributed by atoms with Crippen LogP contribution in [0.2, 0.25) is 0 Å². The van der Waals surface area contributed by atoms with Crippen molar-refractivity contribution in [1.82, 2.24) is 5.32 Å². The van der Waals surface area contributed by atoms with E-state index in [1.54, 1.807) is 36.4 Å². The molecule has 158 valence electrons. The minimum absolute atomic E-state index is 0.0726. The molecule has 1 amide bonds. The molecule has 0 spiro atoms. The molecule has 4 rings (SSSR count). The summed E-state index contributed by atoms with van der Waals surface area (Å²) in [6.45, 7) is 0.162. The molecule has 0 atom stereocenters. The minimum atomic E-state index is -0.325. The van der Waals surface area contributed by atoms with Gasteiger partial charge in [-0.15, -0.1) is 0 Å². The number of amides is 1. The molecule has 0 bridgehead atoms. The lowest BCUT2D eigenvalue weighted by atomic mass is 9.99. The van der Waals surface area contributed by atoms with Crippen LogP contribution in [0.25, 0.3) is 11.1 Å². The predicted octanol–water partition coefficient (Wildman–Crippen LogP) is 3.81. The number of fused-ring (bicyclic) bond motifs is 1. The fourth-order valence-electron chi connectivity index (χ4n) is 3.44. The first-order valence-corrected chi connectivity index (χ1v) is 9.64. The molecule has 3 aromatic carbocycles. The molecule has 1 heterocycles. The maximum atomic E-state index is 12.3. The van der Waals surface area contributed by atoms with E-state index in [0.717, 1.165) is 16.7 Å². The first-order valence-electron chi connectivity index (χ1n) is 9.64. The van der Waals surface area contributed by atoms with Crippen LogP contribution in [0.4, 0.5) is 0 Å². The molecular weight excluding hydrogens is 398 g/mol. The predicted molar refractivity (Wildman–Crippen MR) is 114 cm³/mol. The molecule has 0 unspecified atom stereocenters. The largest absolute Gasteiger partial charge is 0.493 e. The van der Waals surface area contributed by atoms with Crippen molar-refractivity contribution in [2.75, 3.05) is 21.0 Å². The van der Waals surface area contributed by atoms with Crippen molar-refractivity contribution in [3.63, 3.8) is 0 Å². The zero-order chi connectivity index (χ0) is 21.8. The van der Waals surface area contributed by atoms with Gasteiger partial charge in [-0.25, -0.2) is 4.79 Å². The summed E-state index contributed by atoms with van der Waals surface area (Å²) in [7, 11) is 3.06. The van der Waals surface area contributed by atoms with Crippen molar-refractivity contribution < 1.29 is 28.5 Å². The van der Waals surface area contributed by atoms with Gasteiger partial charge in [-0.2, -0.15) is 0 Å². The number of nitrogens with one attached hydrogen (secondary N) is 1. The zero-order valence-corrected chi connectivity index (χ0v) is 17.1. The second kappa shape index (κ2) is 8.79. The van der Waals surface area contributed by atoms with E-state index in [1.807, 2.05) is 24.3 Å². The Balaban J connectivity index is 1.64. The number of benzene rings is 3. The molecule has 0 aliphatic carbocycles. The van der Waals surface area contributed by atoms with Crippen molar-refractivity contribution in [3.05, 3.63) is 77.4 Å². The normalized spacial score (nSPS) is 12.0. The van der Waals surface area contributed by atoms with Crippen LogP contribution in [0.1, 0.15) is 26.3 Å². The monoisotopic (exact) mass is 419 g/mol. The number of cyclic esters (lactones) is 1. The molecule has 1 aliphatic rings. The fraction of sp³-hybridized carbons (Fsp3) is 0.167. The number of methoxy groups -OCH3 is 2. The lowest BCUT2D eigenvalue weighted by Crippen LogP contribution is -2.27. The maximum absolute atomic E-state index is 12.3. The fourth-order valence-corrected chi connectivity index (χ4v) is 3.44. The number of carbonyl (C=O) groups is 2. The smallest absolute Gasteiger partial charge is 0.338 e. The topological polar surface area (TPSA) is 83.1 Å². The summed E-state index contributed by atoms with van der Waals surface area (Å²) in [5.74, 6) is 0.739. The third kappa shape index (κ3) is 4.02. The van der Waals surface area contributed by atoms with E-state index in [1.165, 1.54) is 14.2 Å². The summed E-state index contributed by atoms with van der Waals surface area (Å²) >= 11 is 0. The van der Waals surface area contributed by atoms with E-state index in [2.05, 4.69) is 5.32 Å². The Morgan fingerprint density at radius 1 is 0.968 bits per heavy atom. The number of ether oxygens (including phenoxy) is 4. The van der Waals surface area contributed by atoms with E-state index in [4.69, 9.17) is 18.9 Å². The van der Waals surface area contributed by atoms with Gasteiger partial charge in [0.1, 0.15) is 6.61 Å². The van der Waals surface area contributed by atoms with Crippen molar-refractivity contribution in [3.8, 4) is 28.4 Å². The zero-order valence-electron chi connectivity index (χ0n) is 17.1. The second-order valence-corrected chi connectivity index (χ2v) is 6.79. The lowest BCUT2D eigenvalue weighted by molar-refractivity contribution is 0.0535. The molecule has 31 heavy (non-hydrogen) atoms. The summed E-state index contributed by atoms with van der Waals surface area (Å²) in [5.41, 5.74) is 3.45. The highest BCUT2D eigenvalue weighted by Gasteiger charge is 2.23. The third-order valence-corrected chi connectivity index (χ3v) is 4.98. The molecule has 7 nitrogen and oxygen atoms in total. The number of carbonyl (C=O) groups excluding carboxylic acids is 2. The third-order valence-electron chi connectivity index (χ3n) is 4.98. The molecule has 3 aromatic rings. The molecule has 1 N–H and O–H groups in total. The van der Waals surface area contributed by atoms with Crippen molar-refractivity contribution in [2.24, 2.45) is 0 Å². The van der Waals surface area contributed by atoms with Gasteiger partial charge in [-0.1, -0.05) is 24.3 Å². The Morgan fingerprint density at radius 2 is 1.74 bits per heavy atom. The Hall–Kier alpha value is -4.00. The van der Waals surface area contributed by atoms with Crippen LogP contribution in [0, 0.1) is 0 Å². The van der Waals surface area contributed by atoms with Gasteiger partial charge in [0.25, 0.3) is 5.91 Å². The highest BCUT2D eigenvalue weighted by Crippen LogP contribution is 2.45. The standard InChI is InChI=1S/C24H21NO6/c1-28-20-11-10-18(16-8-9-19-17(12-16)13-30-24(19)27)21(22(20)29-2)31-14-25-23(26)15-6-4-3-5-7-15/h3-12H,13-14H2,1-2H3,(H,25,26). The van der Waals surface area contributed by atoms with E-state index < -0.39 is 0 Å². The van der Waals surface area contributed by atoms with Crippen molar-refractivity contribution in [2.45, 2.75) is 6.61 Å². The Labute approximate surface area is 179 Å². The van der Waals surface area contributed by atoms with Gasteiger partial charge in [0.05, 0.1) is 19.8 Å². The Morgan fingerprint density at radius 3 is 2.48 bits per heavy atom. The van der Waals surface area contributed by atoms with Gasteiger partial charge in [-0.3, -0.25) is 4.79 Å². The summed E-state index contributed by atoms with van der Waals surface area (Å²) in [6.07, 6.45) is 0. The molecule has 0 radical (unpaired) electrons. The van der Waals surface area contributed by atoms with E-state index in [9.17, 15) is 9.59 Å². The summed E-state index contributed by atoms with van der Waals surface area (Å²) in [5, 5.41) is 2.74. The van der Waals surface area contributed by atoms with Crippen LogP contribution in [0.3, 0.4) is 0 Å². The van der Waals surface area contributed by atoms with Gasteiger partial charge in [0, 0.05) is 16.7 Å². The van der Waals surface area contributed by atoms with E-state index >= 15 is 0 Å². The SMILES string of the molecule is COc1ccc(-c2ccc3c(c2)COC3=O)c(OCNC(=O)c2ccccc2)c1OC. The second-order valence-electron chi connectivity index (χ2n) is 6.79. The molecule has 0 saturated carbocycles. The Bertz CT molecular complexity index is 1130. The van der Waals surface area contributed by atoms with Gasteiger partial charge >= 0.3 is 5.97 Å². The average molecular weight is 419 g/mol. The summed E-state index contributed by atoms with van der Waals surface area (Å²) in [4.78, 5) is 24.1. The van der Waals surface area contributed by atoms with Crippen molar-refractivity contribution >= 4 is 11.9 Å². The van der Waals surface area contributed by atoms with Gasteiger partial charge in [-0.05, 0) is 42.0 Å². The minimum Gasteiger partial charge on any atom is -0.493 e. The van der Waals surface area contributed by atoms with Crippen LogP contribution in [0.15, 0.2) is 60.7 Å². The lowest BCUT2D eigenvalue weighted by Gasteiger charge is -2.18. The van der Waals surface area contributed by atoms with E-state index in [0.29, 0.717) is 28.4 Å². The van der Waals surface area contributed by atoms with Gasteiger partial charge in [0.2, 0.25) is 5.75 Å². The first-order chi connectivity index (χ1) is 15.1. The highest BCUT2D eigenvalue weighted by atomic mass is 16.5. The average Bonchev–Trinajstić information content (AvgIpc) is 3.19. The number of rotatable bonds is 7. The first kappa shape index (κ1) is 20.3. The molecule has 7 heteroatoms. The Kier molecular flexibility index (Phi) is 5.75. The van der Waals surface area contributed by atoms with E-state index in [-0.39, 0.29) is 25.2 Å². The summed E-state index contributed by atoms with van der Waals surface area (Å²) in [6, 6.07) is 17.9. The van der Waals surface area contributed by atoms with Gasteiger partial charge < -0.3 is 24.3 Å². The number of hydrogen-bond donors (Lipinski definition) is 1. The number of hydrogen-bond acceptors (Lipinski definition) is 6. The number of esters is 1. The molecule has 0 aromatic heterocycles. The molecule has 1 aliphatic heterocycles. The molecule has 0 saturated heterocycles. The van der Waals surface area contributed by atoms with Crippen LogP contribution in [-0.4, -0.2) is 32.8 Å². The van der Waals surface area contributed by atoms with Gasteiger partial charge in [0.15, 0.2) is 18.2 Å². The molecule has 0 fully saturated rings. The summed E-state index contributed by atoms with van der Waals surface area (Å²) < 4.78 is 22.0. The highest BCUT2D eigenvalue weighted by molar-refractivity contribution is 5.95. The van der Waals surface area contributed by atoms with Crippen molar-refractivity contribution in [1.29, 1.82) is 0 Å². The molecular formula is C24H21NO6. The quantitative estimate of drug-likeness (QED) is 0.463. The van der Waals surface area contributed by atoms with Crippen LogP contribution < -0.4 is 19.5 Å². The van der Waals surface area contributed by atoms with Crippen LogP contribution >= 0.6 is 0 Å². The van der Waals surface area contributed by atoms with Crippen LogP contribution in [-0.2, 0) is 11.3 Å². The maximum Gasteiger partial charge on any atom is 0.338 e.